The number of aryl methyl sites for hydroxylation is 3. The Bertz CT molecular complexity index is 977. The van der Waals surface area contributed by atoms with Crippen LogP contribution in [-0.4, -0.2) is 36.5 Å². The van der Waals surface area contributed by atoms with Crippen LogP contribution in [0.15, 0.2) is 48.2 Å². The van der Waals surface area contributed by atoms with Crippen molar-refractivity contribution in [2.75, 3.05) is 25.1 Å². The molecule has 3 rings (SSSR count). The molecule has 1 N–H and O–H groups in total. The average Bonchev–Trinajstić information content (AvgIpc) is 2.97. The van der Waals surface area contributed by atoms with E-state index in [0.717, 1.165) is 40.8 Å². The molecule has 1 aliphatic heterocycles. The van der Waals surface area contributed by atoms with Crippen LogP contribution in [0.3, 0.4) is 0 Å². The molecule has 164 valence electrons. The van der Waals surface area contributed by atoms with Crippen molar-refractivity contribution in [1.82, 2.24) is 4.90 Å². The van der Waals surface area contributed by atoms with Gasteiger partial charge in [0, 0.05) is 25.4 Å². The van der Waals surface area contributed by atoms with E-state index >= 15 is 0 Å². The first-order chi connectivity index (χ1) is 14.9. The minimum absolute atomic E-state index is 0.255. The number of amides is 2. The van der Waals surface area contributed by atoms with Crippen LogP contribution in [0.5, 0.6) is 0 Å². The van der Waals surface area contributed by atoms with Gasteiger partial charge in [-0.05, 0) is 50.8 Å². The normalized spacial score (nSPS) is 14.0. The van der Waals surface area contributed by atoms with Gasteiger partial charge < -0.3 is 10.1 Å². The molecule has 0 atom stereocenters. The number of ether oxygens (including phenoxy) is 1. The molecule has 0 radical (unpaired) electrons. The van der Waals surface area contributed by atoms with Crippen molar-refractivity contribution in [3.63, 3.8) is 0 Å². The van der Waals surface area contributed by atoms with Crippen molar-refractivity contribution >= 4 is 23.1 Å². The molecule has 2 aromatic rings. The summed E-state index contributed by atoms with van der Waals surface area (Å²) < 4.78 is 5.60. The number of carbonyl (C=O) groups is 2. The van der Waals surface area contributed by atoms with Gasteiger partial charge in [-0.25, -0.2) is 0 Å². The van der Waals surface area contributed by atoms with Crippen molar-refractivity contribution in [3.05, 3.63) is 70.4 Å². The minimum Gasteiger partial charge on any atom is -0.381 e. The largest absolute Gasteiger partial charge is 0.381 e. The van der Waals surface area contributed by atoms with Crippen LogP contribution in [0, 0.1) is 20.8 Å². The van der Waals surface area contributed by atoms with Gasteiger partial charge in [0.2, 0.25) is 0 Å². The standard InChI is InChI=1S/C26H32N2O3/c1-5-6-15-31-16-7-14-28-25(29)23(21-11-8-18(2)9-12-21)24(26(28)30)27-22-13-10-19(3)17-20(22)4/h8-13,17,27H,5-7,14-16H2,1-4H3. The first-order valence-electron chi connectivity index (χ1n) is 11.0. The molecule has 0 bridgehead atoms. The number of anilines is 1. The van der Waals surface area contributed by atoms with Crippen LogP contribution < -0.4 is 5.32 Å². The molecule has 0 aromatic heterocycles. The number of hydrogen-bond acceptors (Lipinski definition) is 4. The third-order valence-corrected chi connectivity index (χ3v) is 5.46. The Balaban J connectivity index is 1.85. The van der Waals surface area contributed by atoms with E-state index in [9.17, 15) is 9.59 Å². The van der Waals surface area contributed by atoms with Gasteiger partial charge in [0.25, 0.3) is 11.8 Å². The van der Waals surface area contributed by atoms with E-state index in [-0.39, 0.29) is 11.8 Å². The number of benzene rings is 2. The summed E-state index contributed by atoms with van der Waals surface area (Å²) in [4.78, 5) is 27.9. The molecule has 2 aromatic carbocycles. The summed E-state index contributed by atoms with van der Waals surface area (Å²) in [6, 6.07) is 13.7. The average molecular weight is 421 g/mol. The number of nitrogens with one attached hydrogen (secondary N) is 1. The first kappa shape index (κ1) is 22.8. The molecule has 0 aliphatic carbocycles. The van der Waals surface area contributed by atoms with Crippen molar-refractivity contribution in [2.24, 2.45) is 0 Å². The fourth-order valence-corrected chi connectivity index (χ4v) is 3.64. The summed E-state index contributed by atoms with van der Waals surface area (Å²) in [6.45, 7) is 9.74. The van der Waals surface area contributed by atoms with E-state index in [1.54, 1.807) is 0 Å². The highest BCUT2D eigenvalue weighted by Gasteiger charge is 2.38. The molecular weight excluding hydrogens is 388 g/mol. The van der Waals surface area contributed by atoms with Crippen molar-refractivity contribution in [1.29, 1.82) is 0 Å². The maximum Gasteiger partial charge on any atom is 0.278 e. The van der Waals surface area contributed by atoms with Crippen LogP contribution in [-0.2, 0) is 14.3 Å². The van der Waals surface area contributed by atoms with E-state index < -0.39 is 0 Å². The molecule has 1 aliphatic rings. The Morgan fingerprint density at radius 2 is 1.55 bits per heavy atom. The van der Waals surface area contributed by atoms with Crippen LogP contribution >= 0.6 is 0 Å². The number of carbonyl (C=O) groups excluding carboxylic acids is 2. The smallest absolute Gasteiger partial charge is 0.278 e. The second kappa shape index (κ2) is 10.4. The highest BCUT2D eigenvalue weighted by atomic mass is 16.5. The molecular formula is C26H32N2O3. The Labute approximate surface area is 185 Å². The predicted molar refractivity (Wildman–Crippen MR) is 125 cm³/mol. The Morgan fingerprint density at radius 3 is 2.23 bits per heavy atom. The Hall–Kier alpha value is -2.92. The van der Waals surface area contributed by atoms with Gasteiger partial charge in [0.05, 0.1) is 5.57 Å². The lowest BCUT2D eigenvalue weighted by molar-refractivity contribution is -0.137. The molecule has 31 heavy (non-hydrogen) atoms. The molecule has 0 fully saturated rings. The molecule has 2 amide bonds. The number of unbranched alkanes of at least 4 members (excludes halogenated alkanes) is 1. The SMILES string of the molecule is CCCCOCCCN1C(=O)C(Nc2ccc(C)cc2C)=C(c2ccc(C)cc2)C1=O. The summed E-state index contributed by atoms with van der Waals surface area (Å²) in [5.41, 5.74) is 5.62. The summed E-state index contributed by atoms with van der Waals surface area (Å²) in [6.07, 6.45) is 2.73. The fourth-order valence-electron chi connectivity index (χ4n) is 3.64. The number of hydrogen-bond donors (Lipinski definition) is 1. The number of imide groups is 1. The third-order valence-electron chi connectivity index (χ3n) is 5.46. The van der Waals surface area contributed by atoms with Crippen LogP contribution in [0.25, 0.3) is 5.57 Å². The van der Waals surface area contributed by atoms with Crippen molar-refractivity contribution < 1.29 is 14.3 Å². The molecule has 5 nitrogen and oxygen atoms in total. The van der Waals surface area contributed by atoms with Gasteiger partial charge in [-0.1, -0.05) is 60.9 Å². The molecule has 0 spiro atoms. The van der Waals surface area contributed by atoms with Crippen LogP contribution in [0.2, 0.25) is 0 Å². The Kier molecular flexibility index (Phi) is 7.64. The van der Waals surface area contributed by atoms with E-state index in [0.29, 0.717) is 37.4 Å². The van der Waals surface area contributed by atoms with Gasteiger partial charge in [0.15, 0.2) is 0 Å². The highest BCUT2D eigenvalue weighted by Crippen LogP contribution is 2.31. The zero-order chi connectivity index (χ0) is 22.4. The Morgan fingerprint density at radius 1 is 0.871 bits per heavy atom. The maximum absolute atomic E-state index is 13.3. The first-order valence-corrected chi connectivity index (χ1v) is 11.0. The van der Waals surface area contributed by atoms with E-state index in [1.807, 2.05) is 57.2 Å². The summed E-state index contributed by atoms with van der Waals surface area (Å²) in [5.74, 6) is -0.538. The lowest BCUT2D eigenvalue weighted by atomic mass is 10.0. The molecule has 5 heteroatoms. The van der Waals surface area contributed by atoms with Gasteiger partial charge in [0.1, 0.15) is 5.70 Å². The second-order valence-electron chi connectivity index (χ2n) is 8.14. The maximum atomic E-state index is 13.3. The minimum atomic E-state index is -0.283. The lowest BCUT2D eigenvalue weighted by Gasteiger charge is -2.16. The van der Waals surface area contributed by atoms with E-state index in [1.165, 1.54) is 4.90 Å². The predicted octanol–water partition coefficient (Wildman–Crippen LogP) is 5.01. The highest BCUT2D eigenvalue weighted by molar-refractivity contribution is 6.36. The van der Waals surface area contributed by atoms with Gasteiger partial charge in [-0.3, -0.25) is 14.5 Å². The number of rotatable bonds is 10. The molecule has 0 unspecified atom stereocenters. The topological polar surface area (TPSA) is 58.6 Å². The summed E-state index contributed by atoms with van der Waals surface area (Å²) >= 11 is 0. The molecule has 0 saturated carbocycles. The molecule has 0 saturated heterocycles. The zero-order valence-corrected chi connectivity index (χ0v) is 19.0. The van der Waals surface area contributed by atoms with Gasteiger partial charge in [-0.2, -0.15) is 0 Å². The van der Waals surface area contributed by atoms with Gasteiger partial charge >= 0.3 is 0 Å². The van der Waals surface area contributed by atoms with E-state index in [2.05, 4.69) is 18.3 Å². The second-order valence-corrected chi connectivity index (χ2v) is 8.14. The molecule has 1 heterocycles. The number of nitrogens with zero attached hydrogens (tertiary/aromatic N) is 1. The summed E-state index contributed by atoms with van der Waals surface area (Å²) in [7, 11) is 0. The lowest BCUT2D eigenvalue weighted by Crippen LogP contribution is -2.34. The van der Waals surface area contributed by atoms with Gasteiger partial charge in [-0.15, -0.1) is 0 Å². The third kappa shape index (κ3) is 5.42. The van der Waals surface area contributed by atoms with E-state index in [4.69, 9.17) is 4.74 Å². The van der Waals surface area contributed by atoms with Crippen molar-refractivity contribution in [3.8, 4) is 0 Å². The van der Waals surface area contributed by atoms with Crippen LogP contribution in [0.4, 0.5) is 5.69 Å². The summed E-state index contributed by atoms with van der Waals surface area (Å²) in [5, 5.41) is 3.26. The zero-order valence-electron chi connectivity index (χ0n) is 19.0. The fraction of sp³-hybridized carbons (Fsp3) is 0.385. The monoisotopic (exact) mass is 420 g/mol. The quantitative estimate of drug-likeness (QED) is 0.434. The van der Waals surface area contributed by atoms with Crippen LogP contribution in [0.1, 0.15) is 48.4 Å². The van der Waals surface area contributed by atoms with Crippen molar-refractivity contribution in [2.45, 2.75) is 47.0 Å².